The first-order chi connectivity index (χ1) is 5.75. The summed E-state index contributed by atoms with van der Waals surface area (Å²) < 4.78 is 0. The van der Waals surface area contributed by atoms with Crippen LogP contribution >= 0.6 is 0 Å². The largest absolute Gasteiger partial charge is 0.294 e. The monoisotopic (exact) mass is 160 g/mol. The highest BCUT2D eigenvalue weighted by atomic mass is 16.1. The smallest absolute Gasteiger partial charge is 0.160 e. The molecule has 0 fully saturated rings. The second-order valence-corrected chi connectivity index (χ2v) is 2.64. The maximum Gasteiger partial charge on any atom is 0.160 e. The van der Waals surface area contributed by atoms with Gasteiger partial charge in [0.2, 0.25) is 0 Å². The quantitative estimate of drug-likeness (QED) is 0.608. The summed E-state index contributed by atoms with van der Waals surface area (Å²) in [6, 6.07) is 7.60. The molecule has 0 amide bonds. The zero-order valence-electron chi connectivity index (χ0n) is 7.37. The van der Waals surface area contributed by atoms with Gasteiger partial charge in [0, 0.05) is 5.56 Å². The minimum absolute atomic E-state index is 0.115. The average Bonchev–Trinajstić information content (AvgIpc) is 2.05. The molecule has 1 rings (SSSR count). The third-order valence-corrected chi connectivity index (χ3v) is 1.69. The van der Waals surface area contributed by atoms with Gasteiger partial charge in [-0.05, 0) is 19.4 Å². The van der Waals surface area contributed by atoms with Crippen LogP contribution in [0.5, 0.6) is 0 Å². The minimum Gasteiger partial charge on any atom is -0.294 e. The van der Waals surface area contributed by atoms with Crippen molar-refractivity contribution in [3.8, 4) is 0 Å². The topological polar surface area (TPSA) is 17.1 Å². The van der Waals surface area contributed by atoms with Gasteiger partial charge in [0.15, 0.2) is 5.78 Å². The van der Waals surface area contributed by atoms with Gasteiger partial charge in [-0.1, -0.05) is 36.4 Å². The molecular formula is C11H12O. The summed E-state index contributed by atoms with van der Waals surface area (Å²) in [5.74, 6) is 0.115. The minimum atomic E-state index is 0.115. The standard InChI is InChI=1S/C11H12O/c1-3-6-10-7-4-5-8-11(10)9(2)12/h3-8H,1-2H3/b6-3+. The maximum atomic E-state index is 11.1. The lowest BCUT2D eigenvalue weighted by atomic mass is 10.0. The van der Waals surface area contributed by atoms with Gasteiger partial charge >= 0.3 is 0 Å². The van der Waals surface area contributed by atoms with E-state index >= 15 is 0 Å². The van der Waals surface area contributed by atoms with Gasteiger partial charge in [-0.15, -0.1) is 0 Å². The Morgan fingerprint density at radius 3 is 2.58 bits per heavy atom. The summed E-state index contributed by atoms with van der Waals surface area (Å²) in [5, 5.41) is 0. The van der Waals surface area contributed by atoms with Gasteiger partial charge in [-0.25, -0.2) is 0 Å². The molecule has 0 aliphatic carbocycles. The number of allylic oxidation sites excluding steroid dienone is 1. The third kappa shape index (κ3) is 1.82. The fraction of sp³-hybridized carbons (Fsp3) is 0.182. The van der Waals surface area contributed by atoms with E-state index in [9.17, 15) is 4.79 Å². The van der Waals surface area contributed by atoms with Crippen molar-refractivity contribution in [3.63, 3.8) is 0 Å². The number of carbonyl (C=O) groups excluding carboxylic acids is 1. The Labute approximate surface area is 72.7 Å². The molecule has 1 nitrogen and oxygen atoms in total. The summed E-state index contributed by atoms with van der Waals surface area (Å²) >= 11 is 0. The summed E-state index contributed by atoms with van der Waals surface area (Å²) in [5.41, 5.74) is 1.78. The molecule has 0 N–H and O–H groups in total. The average molecular weight is 160 g/mol. The molecule has 0 saturated heterocycles. The SMILES string of the molecule is C/C=C/c1ccccc1C(C)=O. The number of benzene rings is 1. The van der Waals surface area contributed by atoms with E-state index in [0.29, 0.717) is 0 Å². The summed E-state index contributed by atoms with van der Waals surface area (Å²) in [6.07, 6.45) is 3.87. The van der Waals surface area contributed by atoms with E-state index in [1.165, 1.54) is 0 Å². The van der Waals surface area contributed by atoms with Crippen LogP contribution in [0.4, 0.5) is 0 Å². The summed E-state index contributed by atoms with van der Waals surface area (Å²) in [4.78, 5) is 11.1. The molecule has 0 heterocycles. The van der Waals surface area contributed by atoms with E-state index in [2.05, 4.69) is 0 Å². The van der Waals surface area contributed by atoms with Gasteiger partial charge in [-0.2, -0.15) is 0 Å². The molecule has 1 aromatic carbocycles. The van der Waals surface area contributed by atoms with Crippen molar-refractivity contribution in [2.45, 2.75) is 13.8 Å². The molecule has 1 aromatic rings. The van der Waals surface area contributed by atoms with Crippen molar-refractivity contribution < 1.29 is 4.79 Å². The van der Waals surface area contributed by atoms with Crippen LogP contribution in [0.25, 0.3) is 6.08 Å². The Morgan fingerprint density at radius 2 is 2.00 bits per heavy atom. The number of Topliss-reactive ketones (excluding diaryl/α,β-unsaturated/α-hetero) is 1. The lowest BCUT2D eigenvalue weighted by Gasteiger charge is -1.99. The van der Waals surface area contributed by atoms with Crippen molar-refractivity contribution in [3.05, 3.63) is 41.5 Å². The first kappa shape index (κ1) is 8.72. The molecule has 0 aliphatic heterocycles. The van der Waals surface area contributed by atoms with Crippen LogP contribution in [-0.4, -0.2) is 5.78 Å². The maximum absolute atomic E-state index is 11.1. The van der Waals surface area contributed by atoms with Crippen molar-refractivity contribution >= 4 is 11.9 Å². The zero-order chi connectivity index (χ0) is 8.97. The second kappa shape index (κ2) is 3.86. The highest BCUT2D eigenvalue weighted by Crippen LogP contribution is 2.10. The zero-order valence-corrected chi connectivity index (χ0v) is 7.37. The molecule has 12 heavy (non-hydrogen) atoms. The van der Waals surface area contributed by atoms with Gasteiger partial charge in [0.25, 0.3) is 0 Å². The van der Waals surface area contributed by atoms with E-state index in [0.717, 1.165) is 11.1 Å². The Morgan fingerprint density at radius 1 is 1.33 bits per heavy atom. The molecule has 0 spiro atoms. The fourth-order valence-electron chi connectivity index (χ4n) is 1.14. The predicted molar refractivity (Wildman–Crippen MR) is 51.2 cm³/mol. The lowest BCUT2D eigenvalue weighted by molar-refractivity contribution is 0.101. The van der Waals surface area contributed by atoms with Crippen LogP contribution in [-0.2, 0) is 0 Å². The molecule has 0 aliphatic rings. The van der Waals surface area contributed by atoms with Gasteiger partial charge in [0.05, 0.1) is 0 Å². The van der Waals surface area contributed by atoms with Crippen LogP contribution in [0, 0.1) is 0 Å². The Kier molecular flexibility index (Phi) is 2.81. The number of ketones is 1. The van der Waals surface area contributed by atoms with Crippen LogP contribution in [0.2, 0.25) is 0 Å². The van der Waals surface area contributed by atoms with Crippen LogP contribution in [0.1, 0.15) is 29.8 Å². The molecule has 0 radical (unpaired) electrons. The number of rotatable bonds is 2. The second-order valence-electron chi connectivity index (χ2n) is 2.64. The molecule has 0 aromatic heterocycles. The normalized spacial score (nSPS) is 10.5. The molecule has 0 atom stereocenters. The fourth-order valence-corrected chi connectivity index (χ4v) is 1.14. The van der Waals surface area contributed by atoms with Crippen molar-refractivity contribution in [2.75, 3.05) is 0 Å². The van der Waals surface area contributed by atoms with Crippen molar-refractivity contribution in [1.29, 1.82) is 0 Å². The van der Waals surface area contributed by atoms with Crippen LogP contribution < -0.4 is 0 Å². The Hall–Kier alpha value is -1.37. The number of carbonyl (C=O) groups is 1. The van der Waals surface area contributed by atoms with Crippen molar-refractivity contribution in [1.82, 2.24) is 0 Å². The van der Waals surface area contributed by atoms with E-state index in [1.807, 2.05) is 43.3 Å². The predicted octanol–water partition coefficient (Wildman–Crippen LogP) is 2.92. The third-order valence-electron chi connectivity index (χ3n) is 1.69. The molecule has 62 valence electrons. The number of hydrogen-bond donors (Lipinski definition) is 0. The molecule has 1 heteroatoms. The van der Waals surface area contributed by atoms with Crippen molar-refractivity contribution in [2.24, 2.45) is 0 Å². The summed E-state index contributed by atoms with van der Waals surface area (Å²) in [7, 11) is 0. The van der Waals surface area contributed by atoms with Crippen LogP contribution in [0.3, 0.4) is 0 Å². The van der Waals surface area contributed by atoms with Gasteiger partial charge in [-0.3, -0.25) is 4.79 Å². The van der Waals surface area contributed by atoms with E-state index in [4.69, 9.17) is 0 Å². The van der Waals surface area contributed by atoms with E-state index in [-0.39, 0.29) is 5.78 Å². The first-order valence-electron chi connectivity index (χ1n) is 3.98. The van der Waals surface area contributed by atoms with Crippen LogP contribution in [0.15, 0.2) is 30.3 Å². The highest BCUT2D eigenvalue weighted by molar-refractivity contribution is 5.97. The molecule has 0 saturated carbocycles. The number of hydrogen-bond acceptors (Lipinski definition) is 1. The van der Waals surface area contributed by atoms with E-state index < -0.39 is 0 Å². The lowest BCUT2D eigenvalue weighted by Crippen LogP contribution is -1.94. The molecule has 0 unspecified atom stereocenters. The molecule has 0 bridgehead atoms. The van der Waals surface area contributed by atoms with Gasteiger partial charge in [0.1, 0.15) is 0 Å². The Balaban J connectivity index is 3.17. The van der Waals surface area contributed by atoms with Gasteiger partial charge < -0.3 is 0 Å². The Bertz CT molecular complexity index is 311. The van der Waals surface area contributed by atoms with E-state index in [1.54, 1.807) is 6.92 Å². The molecular weight excluding hydrogens is 148 g/mol. The highest BCUT2D eigenvalue weighted by Gasteiger charge is 2.01. The first-order valence-corrected chi connectivity index (χ1v) is 3.98. The summed E-state index contributed by atoms with van der Waals surface area (Å²) in [6.45, 7) is 3.53.